The lowest BCUT2D eigenvalue weighted by Gasteiger charge is -1.99. The fourth-order valence-corrected chi connectivity index (χ4v) is 2.10. The summed E-state index contributed by atoms with van der Waals surface area (Å²) in [6, 6.07) is 4.04. The Morgan fingerprint density at radius 1 is 1.57 bits per heavy atom. The number of nitro groups is 1. The minimum atomic E-state index is -0.647. The Labute approximate surface area is 123 Å². The molecule has 0 bridgehead atoms. The summed E-state index contributed by atoms with van der Waals surface area (Å²) >= 11 is 5.11. The second-order valence-corrected chi connectivity index (χ2v) is 5.11. The lowest BCUT2D eigenvalue weighted by Crippen LogP contribution is -1.97. The lowest BCUT2D eigenvalue weighted by molar-refractivity contribution is -0.385. The van der Waals surface area contributed by atoms with E-state index < -0.39 is 4.92 Å². The highest BCUT2D eigenvalue weighted by Crippen LogP contribution is 2.38. The molecule has 1 aromatic carbocycles. The summed E-state index contributed by atoms with van der Waals surface area (Å²) in [6.45, 7) is 0. The van der Waals surface area contributed by atoms with Crippen molar-refractivity contribution in [2.75, 3.05) is 0 Å². The molecule has 108 valence electrons. The van der Waals surface area contributed by atoms with Gasteiger partial charge in [0.25, 0.3) is 0 Å². The molecule has 0 atom stereocenters. The maximum atomic E-state index is 10.8. The van der Waals surface area contributed by atoms with Gasteiger partial charge in [0.1, 0.15) is 0 Å². The van der Waals surface area contributed by atoms with Crippen molar-refractivity contribution in [1.82, 2.24) is 14.9 Å². The minimum absolute atomic E-state index is 0.364. The van der Waals surface area contributed by atoms with Crippen LogP contribution < -0.4 is 0 Å². The third-order valence-electron chi connectivity index (χ3n) is 3.14. The van der Waals surface area contributed by atoms with Crippen LogP contribution in [0.3, 0.4) is 0 Å². The van der Waals surface area contributed by atoms with Crippen LogP contribution in [-0.2, 0) is 0 Å². The van der Waals surface area contributed by atoms with Gasteiger partial charge in [0.05, 0.1) is 11.1 Å². The Kier molecular flexibility index (Phi) is 3.26. The third kappa shape index (κ3) is 2.68. The number of phenolic OH excluding ortho intramolecular Hbond substituents is 1. The molecule has 21 heavy (non-hydrogen) atoms. The summed E-state index contributed by atoms with van der Waals surface area (Å²) in [7, 11) is 0. The number of rotatable bonds is 4. The van der Waals surface area contributed by atoms with Crippen LogP contribution in [-0.4, -0.2) is 31.1 Å². The van der Waals surface area contributed by atoms with Crippen molar-refractivity contribution in [3.05, 3.63) is 44.5 Å². The number of aromatic amines is 1. The summed E-state index contributed by atoms with van der Waals surface area (Å²) in [6.07, 6.45) is 3.56. The summed E-state index contributed by atoms with van der Waals surface area (Å²) < 4.78 is 1.90. The number of nitrogens with zero attached hydrogens (tertiary/aromatic N) is 4. The van der Waals surface area contributed by atoms with Crippen molar-refractivity contribution in [3.8, 4) is 5.75 Å². The maximum absolute atomic E-state index is 10.8. The van der Waals surface area contributed by atoms with E-state index in [0.717, 1.165) is 18.7 Å². The van der Waals surface area contributed by atoms with Gasteiger partial charge in [-0.25, -0.2) is 0 Å². The quantitative estimate of drug-likeness (QED) is 0.390. The van der Waals surface area contributed by atoms with E-state index >= 15 is 0 Å². The average Bonchev–Trinajstić information content (AvgIpc) is 3.22. The van der Waals surface area contributed by atoms with Gasteiger partial charge >= 0.3 is 5.69 Å². The summed E-state index contributed by atoms with van der Waals surface area (Å²) in [4.78, 5) is 10.1. The number of benzene rings is 1. The molecule has 1 saturated carbocycles. The van der Waals surface area contributed by atoms with E-state index in [1.807, 2.05) is 0 Å². The van der Waals surface area contributed by atoms with E-state index in [0.29, 0.717) is 16.3 Å². The van der Waals surface area contributed by atoms with E-state index in [1.54, 1.807) is 0 Å². The monoisotopic (exact) mass is 305 g/mol. The highest BCUT2D eigenvalue weighted by molar-refractivity contribution is 7.71. The Balaban J connectivity index is 1.93. The number of aromatic nitrogens is 3. The van der Waals surface area contributed by atoms with E-state index in [1.165, 1.54) is 29.1 Å². The molecule has 0 spiro atoms. The van der Waals surface area contributed by atoms with Crippen LogP contribution >= 0.6 is 12.2 Å². The zero-order chi connectivity index (χ0) is 15.0. The highest BCUT2D eigenvalue weighted by Gasteiger charge is 2.29. The van der Waals surface area contributed by atoms with Crippen molar-refractivity contribution in [1.29, 1.82) is 0 Å². The van der Waals surface area contributed by atoms with Crippen molar-refractivity contribution >= 4 is 24.1 Å². The topological polar surface area (TPSA) is 109 Å². The Morgan fingerprint density at radius 2 is 2.33 bits per heavy atom. The van der Waals surface area contributed by atoms with Crippen LogP contribution in [0.1, 0.15) is 30.1 Å². The number of aromatic hydroxyl groups is 1. The van der Waals surface area contributed by atoms with Crippen LogP contribution in [0, 0.1) is 14.9 Å². The second kappa shape index (κ2) is 5.09. The van der Waals surface area contributed by atoms with Gasteiger partial charge in [0.2, 0.25) is 4.77 Å². The molecule has 1 fully saturated rings. The average molecular weight is 305 g/mol. The first-order valence-electron chi connectivity index (χ1n) is 6.25. The van der Waals surface area contributed by atoms with Crippen LogP contribution in [0.4, 0.5) is 5.69 Å². The predicted molar refractivity (Wildman–Crippen MR) is 77.1 cm³/mol. The highest BCUT2D eigenvalue weighted by atomic mass is 32.1. The van der Waals surface area contributed by atoms with Crippen molar-refractivity contribution in [2.24, 2.45) is 5.10 Å². The molecule has 1 aliphatic carbocycles. The normalized spacial score (nSPS) is 14.7. The Bertz CT molecular complexity index is 790. The van der Waals surface area contributed by atoms with E-state index in [-0.39, 0.29) is 11.4 Å². The standard InChI is InChI=1S/C12H11N5O3S/c18-10-4-1-7(5-9(10)17(19)20)6-13-16-11(8-2-3-8)14-15-12(16)21/h1,4-6,8,18H,2-3H2,(H,15,21)/b13-6+. The lowest BCUT2D eigenvalue weighted by atomic mass is 10.2. The zero-order valence-electron chi connectivity index (χ0n) is 10.8. The van der Waals surface area contributed by atoms with Crippen LogP contribution in [0.2, 0.25) is 0 Å². The van der Waals surface area contributed by atoms with E-state index in [9.17, 15) is 15.2 Å². The molecule has 2 N–H and O–H groups in total. The van der Waals surface area contributed by atoms with Crippen molar-refractivity contribution in [3.63, 3.8) is 0 Å². The molecule has 1 heterocycles. The first kappa shape index (κ1) is 13.4. The molecule has 3 rings (SSSR count). The number of hydrogen-bond donors (Lipinski definition) is 2. The van der Waals surface area contributed by atoms with Gasteiger partial charge in [0.15, 0.2) is 11.6 Å². The summed E-state index contributed by atoms with van der Waals surface area (Å²) in [5, 5.41) is 31.2. The maximum Gasteiger partial charge on any atom is 0.311 e. The molecule has 0 aliphatic heterocycles. The molecule has 8 nitrogen and oxygen atoms in total. The van der Waals surface area contributed by atoms with Crippen molar-refractivity contribution in [2.45, 2.75) is 18.8 Å². The van der Waals surface area contributed by atoms with Crippen LogP contribution in [0.5, 0.6) is 5.75 Å². The zero-order valence-corrected chi connectivity index (χ0v) is 11.6. The number of phenols is 1. The van der Waals surface area contributed by atoms with Gasteiger partial charge in [-0.15, -0.1) is 0 Å². The molecule has 1 aromatic heterocycles. The van der Waals surface area contributed by atoms with E-state index in [4.69, 9.17) is 12.2 Å². The molecule has 0 amide bonds. The first-order chi connectivity index (χ1) is 10.1. The van der Waals surface area contributed by atoms with Gasteiger partial charge in [-0.3, -0.25) is 15.2 Å². The predicted octanol–water partition coefficient (Wildman–Crippen LogP) is 2.31. The van der Waals surface area contributed by atoms with Crippen molar-refractivity contribution < 1.29 is 10.0 Å². The molecular formula is C12H11N5O3S. The molecule has 9 heteroatoms. The first-order valence-corrected chi connectivity index (χ1v) is 6.66. The van der Waals surface area contributed by atoms with Gasteiger partial charge in [-0.1, -0.05) is 0 Å². The van der Waals surface area contributed by atoms with Crippen LogP contribution in [0.25, 0.3) is 0 Å². The van der Waals surface area contributed by atoms with Gasteiger partial charge < -0.3 is 5.11 Å². The second-order valence-electron chi connectivity index (χ2n) is 4.72. The fourth-order valence-electron chi connectivity index (χ4n) is 1.91. The molecular weight excluding hydrogens is 294 g/mol. The Hall–Kier alpha value is -2.55. The molecule has 0 radical (unpaired) electrons. The third-order valence-corrected chi connectivity index (χ3v) is 3.40. The number of nitrogens with one attached hydrogen (secondary N) is 1. The number of nitro benzene ring substituents is 1. The smallest absolute Gasteiger partial charge is 0.311 e. The minimum Gasteiger partial charge on any atom is -0.502 e. The molecule has 0 saturated heterocycles. The van der Waals surface area contributed by atoms with Crippen LogP contribution in [0.15, 0.2) is 23.3 Å². The summed E-state index contributed by atoms with van der Waals surface area (Å²) in [5.41, 5.74) is 0.126. The van der Waals surface area contributed by atoms with Gasteiger partial charge in [-0.2, -0.15) is 14.9 Å². The molecule has 0 unspecified atom stereocenters. The SMILES string of the molecule is O=[N+]([O-])c1cc(/C=N/n2c(C3CC3)n[nH]c2=S)ccc1O. The molecule has 1 aliphatic rings. The summed E-state index contributed by atoms with van der Waals surface area (Å²) in [5.74, 6) is 0.754. The molecule has 2 aromatic rings. The van der Waals surface area contributed by atoms with E-state index in [2.05, 4.69) is 15.3 Å². The number of hydrogen-bond acceptors (Lipinski definition) is 6. The fraction of sp³-hybridized carbons (Fsp3) is 0.250. The largest absolute Gasteiger partial charge is 0.502 e. The van der Waals surface area contributed by atoms with Gasteiger partial charge in [-0.05, 0) is 37.2 Å². The number of H-pyrrole nitrogens is 1. The Morgan fingerprint density at radius 3 is 3.00 bits per heavy atom. The van der Waals surface area contributed by atoms with Gasteiger partial charge in [0, 0.05) is 17.5 Å².